The molecule has 1 heterocycles. The first kappa shape index (κ1) is 17.0. The molecule has 0 amide bonds. The van der Waals surface area contributed by atoms with Crippen molar-refractivity contribution in [3.8, 4) is 0 Å². The van der Waals surface area contributed by atoms with Crippen LogP contribution in [-0.2, 0) is 5.41 Å². The summed E-state index contributed by atoms with van der Waals surface area (Å²) >= 11 is 12.8. The van der Waals surface area contributed by atoms with Gasteiger partial charge in [0, 0.05) is 10.9 Å². The second-order valence-electron chi connectivity index (χ2n) is 8.20. The highest BCUT2D eigenvalue weighted by Gasteiger charge is 2.38. The van der Waals surface area contributed by atoms with Crippen molar-refractivity contribution in [3.63, 3.8) is 0 Å². The van der Waals surface area contributed by atoms with Crippen LogP contribution in [0.5, 0.6) is 0 Å². The lowest BCUT2D eigenvalue weighted by Gasteiger charge is -2.38. The van der Waals surface area contributed by atoms with Crippen LogP contribution in [0.1, 0.15) is 55.8 Å². The van der Waals surface area contributed by atoms with Gasteiger partial charge in [-0.1, -0.05) is 80.4 Å². The van der Waals surface area contributed by atoms with Gasteiger partial charge in [-0.3, -0.25) is 0 Å². The molecule has 2 aromatic carbocycles. The van der Waals surface area contributed by atoms with Gasteiger partial charge < -0.3 is 5.32 Å². The van der Waals surface area contributed by atoms with Crippen molar-refractivity contribution in [2.75, 3.05) is 5.32 Å². The second kappa shape index (κ2) is 6.07. The Morgan fingerprint density at radius 1 is 1.04 bits per heavy atom. The molecule has 3 heteroatoms. The predicted molar refractivity (Wildman–Crippen MR) is 108 cm³/mol. The Kier molecular flexibility index (Phi) is 4.13. The van der Waals surface area contributed by atoms with Gasteiger partial charge in [-0.25, -0.2) is 0 Å². The molecule has 3 atom stereocenters. The van der Waals surface area contributed by atoms with Crippen LogP contribution >= 0.6 is 23.2 Å². The molecule has 1 aliphatic carbocycles. The molecule has 0 aromatic heterocycles. The van der Waals surface area contributed by atoms with Crippen LogP contribution in [0.4, 0.5) is 5.69 Å². The third-order valence-corrected chi connectivity index (χ3v) is 6.04. The normalized spacial score (nSPS) is 24.6. The summed E-state index contributed by atoms with van der Waals surface area (Å²) in [5.41, 5.74) is 5.10. The number of hydrogen-bond donors (Lipinski definition) is 1. The van der Waals surface area contributed by atoms with Gasteiger partial charge in [0.15, 0.2) is 0 Å². The number of fused-ring (bicyclic) bond motifs is 3. The van der Waals surface area contributed by atoms with E-state index in [1.54, 1.807) is 0 Å². The lowest BCUT2D eigenvalue weighted by molar-refractivity contribution is 0.425. The largest absolute Gasteiger partial charge is 0.376 e. The van der Waals surface area contributed by atoms with Crippen molar-refractivity contribution in [2.24, 2.45) is 5.92 Å². The molecule has 0 bridgehead atoms. The van der Waals surface area contributed by atoms with Crippen LogP contribution in [0.25, 0.3) is 0 Å². The molecule has 1 N–H and O–H groups in total. The van der Waals surface area contributed by atoms with Gasteiger partial charge in [-0.05, 0) is 46.6 Å². The van der Waals surface area contributed by atoms with Crippen molar-refractivity contribution in [2.45, 2.75) is 44.6 Å². The van der Waals surface area contributed by atoms with Crippen molar-refractivity contribution in [1.82, 2.24) is 0 Å². The minimum atomic E-state index is 0.169. The van der Waals surface area contributed by atoms with E-state index in [2.05, 4.69) is 68.6 Å². The quantitative estimate of drug-likeness (QED) is 0.526. The number of rotatable bonds is 1. The van der Waals surface area contributed by atoms with Gasteiger partial charge >= 0.3 is 0 Å². The smallest absolute Gasteiger partial charge is 0.0655 e. The highest BCUT2D eigenvalue weighted by atomic mass is 35.5. The number of halogens is 2. The van der Waals surface area contributed by atoms with E-state index >= 15 is 0 Å². The number of allylic oxidation sites excluding steroid dienone is 2. The Morgan fingerprint density at radius 2 is 1.76 bits per heavy atom. The first-order valence-electron chi connectivity index (χ1n) is 8.87. The van der Waals surface area contributed by atoms with Gasteiger partial charge in [0.1, 0.15) is 0 Å². The molecule has 4 rings (SSSR count). The van der Waals surface area contributed by atoms with Gasteiger partial charge in [0.25, 0.3) is 0 Å². The summed E-state index contributed by atoms with van der Waals surface area (Å²) in [6, 6.07) is 13.2. The van der Waals surface area contributed by atoms with Crippen LogP contribution in [0.15, 0.2) is 48.6 Å². The second-order valence-corrected chi connectivity index (χ2v) is 9.04. The number of nitrogens with one attached hydrogen (secondary N) is 1. The van der Waals surface area contributed by atoms with E-state index in [0.717, 1.165) is 12.1 Å². The minimum absolute atomic E-state index is 0.169. The third kappa shape index (κ3) is 2.98. The van der Waals surface area contributed by atoms with Gasteiger partial charge in [-0.15, -0.1) is 0 Å². The van der Waals surface area contributed by atoms with Crippen LogP contribution < -0.4 is 5.32 Å². The number of benzene rings is 2. The zero-order chi connectivity index (χ0) is 17.8. The van der Waals surface area contributed by atoms with Crippen LogP contribution in [0, 0.1) is 5.92 Å². The fourth-order valence-corrected chi connectivity index (χ4v) is 4.71. The fourth-order valence-electron chi connectivity index (χ4n) is 4.14. The predicted octanol–water partition coefficient (Wildman–Crippen LogP) is 7.12. The first-order valence-corrected chi connectivity index (χ1v) is 9.63. The van der Waals surface area contributed by atoms with Crippen molar-refractivity contribution in [3.05, 3.63) is 75.3 Å². The fraction of sp³-hybridized carbons (Fsp3) is 0.364. The summed E-state index contributed by atoms with van der Waals surface area (Å²) in [6.45, 7) is 6.74. The number of anilines is 1. The molecule has 2 aromatic rings. The highest BCUT2D eigenvalue weighted by molar-refractivity contribution is 6.36. The average molecular weight is 372 g/mol. The lowest BCUT2D eigenvalue weighted by atomic mass is 9.76. The summed E-state index contributed by atoms with van der Waals surface area (Å²) in [5, 5.41) is 5.12. The van der Waals surface area contributed by atoms with Gasteiger partial charge in [0.05, 0.1) is 16.8 Å². The molecule has 0 fully saturated rings. The zero-order valence-electron chi connectivity index (χ0n) is 14.8. The first-order chi connectivity index (χ1) is 11.8. The molecule has 0 radical (unpaired) electrons. The Hall–Kier alpha value is -1.44. The maximum atomic E-state index is 6.50. The zero-order valence-corrected chi connectivity index (χ0v) is 16.3. The Labute approximate surface area is 160 Å². The van der Waals surface area contributed by atoms with E-state index in [1.165, 1.54) is 16.7 Å². The number of hydrogen-bond acceptors (Lipinski definition) is 1. The molecule has 1 nitrogen and oxygen atoms in total. The van der Waals surface area contributed by atoms with Crippen LogP contribution in [0.3, 0.4) is 0 Å². The van der Waals surface area contributed by atoms with E-state index in [4.69, 9.17) is 23.2 Å². The SMILES string of the molecule is CC(C)(C)c1ccc([C@@H]2Nc3c(Cl)cc(Cl)cc3[C@@H]3C=CC[C@@H]32)cc1. The molecule has 0 unspecified atom stereocenters. The summed E-state index contributed by atoms with van der Waals surface area (Å²) in [6.07, 6.45) is 5.68. The maximum absolute atomic E-state index is 6.50. The Balaban J connectivity index is 1.74. The lowest BCUT2D eigenvalue weighted by Crippen LogP contribution is -2.29. The average Bonchev–Trinajstić information content (AvgIpc) is 3.03. The van der Waals surface area contributed by atoms with Crippen molar-refractivity contribution < 1.29 is 0 Å². The van der Waals surface area contributed by atoms with Crippen molar-refractivity contribution >= 4 is 28.9 Å². The molecule has 0 saturated heterocycles. The highest BCUT2D eigenvalue weighted by Crippen LogP contribution is 2.52. The molecular weight excluding hydrogens is 349 g/mol. The van der Waals surface area contributed by atoms with Gasteiger partial charge in [-0.2, -0.15) is 0 Å². The summed E-state index contributed by atoms with van der Waals surface area (Å²) in [5.74, 6) is 0.877. The topological polar surface area (TPSA) is 12.0 Å². The Bertz CT molecular complexity index is 830. The Morgan fingerprint density at radius 3 is 2.44 bits per heavy atom. The molecule has 1 aliphatic heterocycles. The van der Waals surface area contributed by atoms with Crippen LogP contribution in [0.2, 0.25) is 10.0 Å². The third-order valence-electron chi connectivity index (χ3n) is 5.52. The minimum Gasteiger partial charge on any atom is -0.376 e. The van der Waals surface area contributed by atoms with E-state index in [9.17, 15) is 0 Å². The molecular formula is C22H23Cl2N. The van der Waals surface area contributed by atoms with E-state index < -0.39 is 0 Å². The molecule has 25 heavy (non-hydrogen) atoms. The molecule has 130 valence electrons. The van der Waals surface area contributed by atoms with E-state index in [-0.39, 0.29) is 11.5 Å². The van der Waals surface area contributed by atoms with Crippen molar-refractivity contribution in [1.29, 1.82) is 0 Å². The molecule has 0 saturated carbocycles. The standard InChI is InChI=1S/C22H23Cl2N/c1-22(2,3)14-9-7-13(8-10-14)20-17-6-4-5-16(17)18-11-15(23)12-19(24)21(18)25-20/h4-5,7-12,16-17,20,25H,6H2,1-3H3/t16-,17+,20+/m1/s1. The summed E-state index contributed by atoms with van der Waals surface area (Å²) in [4.78, 5) is 0. The summed E-state index contributed by atoms with van der Waals surface area (Å²) < 4.78 is 0. The summed E-state index contributed by atoms with van der Waals surface area (Å²) in [7, 11) is 0. The van der Waals surface area contributed by atoms with E-state index in [0.29, 0.717) is 21.9 Å². The van der Waals surface area contributed by atoms with E-state index in [1.807, 2.05) is 6.07 Å². The maximum Gasteiger partial charge on any atom is 0.0655 e. The monoisotopic (exact) mass is 371 g/mol. The van der Waals surface area contributed by atoms with Crippen LogP contribution in [-0.4, -0.2) is 0 Å². The van der Waals surface area contributed by atoms with Gasteiger partial charge in [0.2, 0.25) is 0 Å². The molecule has 0 spiro atoms. The molecule has 2 aliphatic rings.